The summed E-state index contributed by atoms with van der Waals surface area (Å²) >= 11 is 3.37. The number of amides is 1. The van der Waals surface area contributed by atoms with Crippen LogP contribution in [0.25, 0.3) is 0 Å². The van der Waals surface area contributed by atoms with E-state index in [0.29, 0.717) is 24.7 Å². The lowest BCUT2D eigenvalue weighted by molar-refractivity contribution is 0.0520. The highest BCUT2D eigenvalue weighted by molar-refractivity contribution is 9.10. The summed E-state index contributed by atoms with van der Waals surface area (Å²) in [5.41, 5.74) is -0.496. The van der Waals surface area contributed by atoms with Crippen LogP contribution in [-0.2, 0) is 4.74 Å². The molecule has 0 atom stereocenters. The maximum absolute atomic E-state index is 11.4. The van der Waals surface area contributed by atoms with Crippen molar-refractivity contribution in [3.05, 3.63) is 22.7 Å². The van der Waals surface area contributed by atoms with Crippen molar-refractivity contribution in [3.8, 4) is 11.5 Å². The van der Waals surface area contributed by atoms with E-state index in [1.54, 1.807) is 13.2 Å². The van der Waals surface area contributed by atoms with E-state index in [2.05, 4.69) is 21.2 Å². The summed E-state index contributed by atoms with van der Waals surface area (Å²) in [7, 11) is 1.59. The molecule has 0 radical (unpaired) electrons. The van der Waals surface area contributed by atoms with Gasteiger partial charge in [0.15, 0.2) is 0 Å². The summed E-state index contributed by atoms with van der Waals surface area (Å²) in [6.07, 6.45) is -0.450. The smallest absolute Gasteiger partial charge is 0.407 e. The molecule has 0 unspecified atom stereocenters. The highest BCUT2D eigenvalue weighted by Crippen LogP contribution is 2.28. The van der Waals surface area contributed by atoms with Gasteiger partial charge in [0, 0.05) is 6.07 Å². The van der Waals surface area contributed by atoms with E-state index in [4.69, 9.17) is 14.2 Å². The lowest BCUT2D eigenvalue weighted by atomic mass is 10.2. The van der Waals surface area contributed by atoms with E-state index >= 15 is 0 Å². The average molecular weight is 346 g/mol. The fourth-order valence-electron chi connectivity index (χ4n) is 1.37. The predicted molar refractivity (Wildman–Crippen MR) is 80.4 cm³/mol. The predicted octanol–water partition coefficient (Wildman–Crippen LogP) is 3.36. The Bertz CT molecular complexity index is 457. The SMILES string of the molecule is COc1cc(OCCNC(=O)OC(C)(C)C)ccc1Br. The zero-order chi connectivity index (χ0) is 15.2. The van der Waals surface area contributed by atoms with E-state index < -0.39 is 11.7 Å². The van der Waals surface area contributed by atoms with Gasteiger partial charge >= 0.3 is 6.09 Å². The van der Waals surface area contributed by atoms with Crippen LogP contribution in [0.1, 0.15) is 20.8 Å². The monoisotopic (exact) mass is 345 g/mol. The molecule has 112 valence electrons. The molecule has 1 aromatic rings. The van der Waals surface area contributed by atoms with Crippen LogP contribution in [0.2, 0.25) is 0 Å². The Morgan fingerprint density at radius 3 is 2.65 bits per heavy atom. The number of carbonyl (C=O) groups excluding carboxylic acids is 1. The number of rotatable bonds is 5. The number of ether oxygens (including phenoxy) is 3. The summed E-state index contributed by atoms with van der Waals surface area (Å²) in [6, 6.07) is 5.44. The second-order valence-electron chi connectivity index (χ2n) is 5.07. The maximum Gasteiger partial charge on any atom is 0.407 e. The molecular formula is C14H20BrNO4. The molecule has 0 heterocycles. The zero-order valence-electron chi connectivity index (χ0n) is 12.2. The lowest BCUT2D eigenvalue weighted by Crippen LogP contribution is -2.34. The first-order chi connectivity index (χ1) is 9.31. The quantitative estimate of drug-likeness (QED) is 0.831. The molecule has 0 saturated carbocycles. The zero-order valence-corrected chi connectivity index (χ0v) is 13.7. The standard InChI is InChI=1S/C14H20BrNO4/c1-14(2,3)20-13(17)16-7-8-19-10-5-6-11(15)12(9-10)18-4/h5-6,9H,7-8H2,1-4H3,(H,16,17). The van der Waals surface area contributed by atoms with E-state index in [0.717, 1.165) is 4.47 Å². The van der Waals surface area contributed by atoms with Gasteiger partial charge in [-0.05, 0) is 48.8 Å². The molecular weight excluding hydrogens is 326 g/mol. The fraction of sp³-hybridized carbons (Fsp3) is 0.500. The van der Waals surface area contributed by atoms with Gasteiger partial charge in [0.05, 0.1) is 18.1 Å². The molecule has 0 fully saturated rings. The Morgan fingerprint density at radius 2 is 2.05 bits per heavy atom. The molecule has 0 aliphatic heterocycles. The normalized spacial score (nSPS) is 10.8. The number of methoxy groups -OCH3 is 1. The summed E-state index contributed by atoms with van der Waals surface area (Å²) in [5.74, 6) is 1.37. The first-order valence-corrected chi connectivity index (χ1v) is 7.04. The second kappa shape index (κ2) is 7.38. The molecule has 0 aliphatic carbocycles. The van der Waals surface area contributed by atoms with Crippen LogP contribution in [0.15, 0.2) is 22.7 Å². The average Bonchev–Trinajstić information content (AvgIpc) is 2.34. The van der Waals surface area contributed by atoms with Gasteiger partial charge in [-0.25, -0.2) is 4.79 Å². The number of halogens is 1. The summed E-state index contributed by atoms with van der Waals surface area (Å²) in [4.78, 5) is 11.4. The first kappa shape index (κ1) is 16.6. The number of alkyl carbamates (subject to hydrolysis) is 1. The Labute approximate surface area is 127 Å². The maximum atomic E-state index is 11.4. The van der Waals surface area contributed by atoms with Crippen LogP contribution in [-0.4, -0.2) is 32.0 Å². The van der Waals surface area contributed by atoms with Gasteiger partial charge in [-0.2, -0.15) is 0 Å². The molecule has 1 aromatic carbocycles. The number of nitrogens with one attached hydrogen (secondary N) is 1. The fourth-order valence-corrected chi connectivity index (χ4v) is 1.77. The van der Waals surface area contributed by atoms with Crippen molar-refractivity contribution in [2.75, 3.05) is 20.3 Å². The van der Waals surface area contributed by atoms with E-state index in [1.807, 2.05) is 32.9 Å². The second-order valence-corrected chi connectivity index (χ2v) is 5.93. The van der Waals surface area contributed by atoms with Gasteiger partial charge in [-0.3, -0.25) is 0 Å². The Balaban J connectivity index is 2.33. The van der Waals surface area contributed by atoms with Crippen molar-refractivity contribution in [1.82, 2.24) is 5.32 Å². The van der Waals surface area contributed by atoms with Crippen molar-refractivity contribution in [3.63, 3.8) is 0 Å². The molecule has 1 rings (SSSR count). The van der Waals surface area contributed by atoms with Crippen LogP contribution in [0.4, 0.5) is 4.79 Å². The van der Waals surface area contributed by atoms with Crippen LogP contribution in [0.3, 0.4) is 0 Å². The van der Waals surface area contributed by atoms with Gasteiger partial charge < -0.3 is 19.5 Å². The molecule has 1 amide bonds. The molecule has 0 spiro atoms. The van der Waals surface area contributed by atoms with Crippen molar-refractivity contribution in [2.45, 2.75) is 26.4 Å². The lowest BCUT2D eigenvalue weighted by Gasteiger charge is -2.19. The summed E-state index contributed by atoms with van der Waals surface area (Å²) in [5, 5.41) is 2.62. The third-order valence-corrected chi connectivity index (χ3v) is 2.82. The third-order valence-electron chi connectivity index (χ3n) is 2.16. The largest absolute Gasteiger partial charge is 0.495 e. The van der Waals surface area contributed by atoms with E-state index in [-0.39, 0.29) is 0 Å². The molecule has 0 bridgehead atoms. The van der Waals surface area contributed by atoms with E-state index in [9.17, 15) is 4.79 Å². The topological polar surface area (TPSA) is 56.8 Å². The first-order valence-electron chi connectivity index (χ1n) is 6.25. The Hall–Kier alpha value is -1.43. The van der Waals surface area contributed by atoms with Crippen LogP contribution in [0, 0.1) is 0 Å². The highest BCUT2D eigenvalue weighted by atomic mass is 79.9. The Kier molecular flexibility index (Phi) is 6.13. The minimum atomic E-state index is -0.496. The van der Waals surface area contributed by atoms with Crippen molar-refractivity contribution in [2.24, 2.45) is 0 Å². The van der Waals surface area contributed by atoms with Gasteiger partial charge in [-0.1, -0.05) is 0 Å². The third kappa shape index (κ3) is 6.14. The number of carbonyl (C=O) groups is 1. The minimum Gasteiger partial charge on any atom is -0.495 e. The molecule has 6 heteroatoms. The molecule has 0 saturated heterocycles. The number of hydrogen-bond donors (Lipinski definition) is 1. The molecule has 20 heavy (non-hydrogen) atoms. The highest BCUT2D eigenvalue weighted by Gasteiger charge is 2.15. The van der Waals surface area contributed by atoms with Crippen LogP contribution in [0.5, 0.6) is 11.5 Å². The Morgan fingerprint density at radius 1 is 1.35 bits per heavy atom. The van der Waals surface area contributed by atoms with Gasteiger partial charge in [0.1, 0.15) is 23.7 Å². The van der Waals surface area contributed by atoms with Crippen LogP contribution < -0.4 is 14.8 Å². The number of benzene rings is 1. The van der Waals surface area contributed by atoms with Crippen molar-refractivity contribution < 1.29 is 19.0 Å². The van der Waals surface area contributed by atoms with Crippen molar-refractivity contribution in [1.29, 1.82) is 0 Å². The summed E-state index contributed by atoms with van der Waals surface area (Å²) < 4.78 is 16.7. The molecule has 5 nitrogen and oxygen atoms in total. The number of hydrogen-bond acceptors (Lipinski definition) is 4. The molecule has 0 aromatic heterocycles. The van der Waals surface area contributed by atoms with Crippen LogP contribution >= 0.6 is 15.9 Å². The molecule has 0 aliphatic rings. The molecule has 1 N–H and O–H groups in total. The minimum absolute atomic E-state index is 0.351. The van der Waals surface area contributed by atoms with Crippen molar-refractivity contribution >= 4 is 22.0 Å². The van der Waals surface area contributed by atoms with Gasteiger partial charge in [0.2, 0.25) is 0 Å². The van der Waals surface area contributed by atoms with E-state index in [1.165, 1.54) is 0 Å². The summed E-state index contributed by atoms with van der Waals surface area (Å²) in [6.45, 7) is 6.17. The van der Waals surface area contributed by atoms with Gasteiger partial charge in [-0.15, -0.1) is 0 Å². The van der Waals surface area contributed by atoms with Gasteiger partial charge in [0.25, 0.3) is 0 Å².